The zero-order valence-corrected chi connectivity index (χ0v) is 10.1. The summed E-state index contributed by atoms with van der Waals surface area (Å²) in [7, 11) is 0. The molecule has 2 aromatic heterocycles. The van der Waals surface area contributed by atoms with E-state index in [-0.39, 0.29) is 6.61 Å². The van der Waals surface area contributed by atoms with Crippen LogP contribution in [0.5, 0.6) is 0 Å². The second-order valence-electron chi connectivity index (χ2n) is 4.22. The fourth-order valence-corrected chi connectivity index (χ4v) is 1.66. The molecule has 0 bridgehead atoms. The smallest absolute Gasteiger partial charge is 0.203 e. The SMILES string of the molecule is Cc1nnc2c(NCC(C)CCO)nccn12. The summed E-state index contributed by atoms with van der Waals surface area (Å²) in [6.07, 6.45) is 4.34. The van der Waals surface area contributed by atoms with E-state index in [0.29, 0.717) is 5.92 Å². The summed E-state index contributed by atoms with van der Waals surface area (Å²) in [4.78, 5) is 4.26. The first-order valence-corrected chi connectivity index (χ1v) is 5.73. The van der Waals surface area contributed by atoms with Gasteiger partial charge in [0.1, 0.15) is 5.82 Å². The van der Waals surface area contributed by atoms with E-state index in [1.807, 2.05) is 17.5 Å². The maximum atomic E-state index is 8.84. The van der Waals surface area contributed by atoms with E-state index in [4.69, 9.17) is 5.11 Å². The van der Waals surface area contributed by atoms with E-state index in [9.17, 15) is 0 Å². The molecule has 6 heteroatoms. The van der Waals surface area contributed by atoms with E-state index >= 15 is 0 Å². The number of anilines is 1. The summed E-state index contributed by atoms with van der Waals surface area (Å²) in [5.41, 5.74) is 0.737. The van der Waals surface area contributed by atoms with Crippen LogP contribution in [0.25, 0.3) is 5.65 Å². The van der Waals surface area contributed by atoms with Gasteiger partial charge in [0, 0.05) is 25.5 Å². The van der Waals surface area contributed by atoms with Gasteiger partial charge in [-0.25, -0.2) is 4.98 Å². The maximum absolute atomic E-state index is 8.84. The van der Waals surface area contributed by atoms with Crippen molar-refractivity contribution >= 4 is 11.5 Å². The molecule has 17 heavy (non-hydrogen) atoms. The van der Waals surface area contributed by atoms with E-state index in [2.05, 4.69) is 27.4 Å². The molecule has 0 fully saturated rings. The predicted molar refractivity (Wildman–Crippen MR) is 64.9 cm³/mol. The third-order valence-corrected chi connectivity index (χ3v) is 2.74. The summed E-state index contributed by atoms with van der Waals surface area (Å²) in [5.74, 6) is 1.97. The fraction of sp³-hybridized carbons (Fsp3) is 0.545. The Labute approximate surface area is 99.7 Å². The number of hydrogen-bond donors (Lipinski definition) is 2. The van der Waals surface area contributed by atoms with Crippen LogP contribution in [-0.2, 0) is 0 Å². The summed E-state index contributed by atoms with van der Waals surface area (Å²) in [5, 5.41) is 20.2. The van der Waals surface area contributed by atoms with E-state index in [1.165, 1.54) is 0 Å². The second kappa shape index (κ2) is 5.09. The zero-order valence-electron chi connectivity index (χ0n) is 10.1. The second-order valence-corrected chi connectivity index (χ2v) is 4.22. The number of aliphatic hydroxyl groups excluding tert-OH is 1. The van der Waals surface area contributed by atoms with Crippen LogP contribution in [-0.4, -0.2) is 37.8 Å². The minimum Gasteiger partial charge on any atom is -0.396 e. The Morgan fingerprint density at radius 2 is 2.29 bits per heavy atom. The molecule has 2 rings (SSSR count). The quantitative estimate of drug-likeness (QED) is 0.804. The van der Waals surface area contributed by atoms with Crippen LogP contribution in [0.15, 0.2) is 12.4 Å². The van der Waals surface area contributed by atoms with Crippen molar-refractivity contribution in [3.63, 3.8) is 0 Å². The van der Waals surface area contributed by atoms with Crippen LogP contribution in [0.3, 0.4) is 0 Å². The van der Waals surface area contributed by atoms with Gasteiger partial charge in [0.2, 0.25) is 5.65 Å². The number of nitrogens with one attached hydrogen (secondary N) is 1. The van der Waals surface area contributed by atoms with Gasteiger partial charge >= 0.3 is 0 Å². The summed E-state index contributed by atoms with van der Waals surface area (Å²) in [6, 6.07) is 0. The Balaban J connectivity index is 2.13. The first-order chi connectivity index (χ1) is 8.22. The van der Waals surface area contributed by atoms with Gasteiger partial charge in [0.15, 0.2) is 5.82 Å². The molecule has 0 aliphatic rings. The average Bonchev–Trinajstić information content (AvgIpc) is 2.70. The Morgan fingerprint density at radius 3 is 3.06 bits per heavy atom. The van der Waals surface area contributed by atoms with Crippen molar-refractivity contribution in [3.8, 4) is 0 Å². The van der Waals surface area contributed by atoms with Crippen molar-refractivity contribution in [1.29, 1.82) is 0 Å². The molecule has 92 valence electrons. The topological polar surface area (TPSA) is 75.3 Å². The van der Waals surface area contributed by atoms with Gasteiger partial charge in [-0.1, -0.05) is 6.92 Å². The van der Waals surface area contributed by atoms with Crippen molar-refractivity contribution in [2.45, 2.75) is 20.3 Å². The first kappa shape index (κ1) is 11.8. The Morgan fingerprint density at radius 1 is 1.47 bits per heavy atom. The first-order valence-electron chi connectivity index (χ1n) is 5.73. The highest BCUT2D eigenvalue weighted by molar-refractivity contribution is 5.61. The Hall–Kier alpha value is -1.69. The monoisotopic (exact) mass is 235 g/mol. The van der Waals surface area contributed by atoms with E-state index in [1.54, 1.807) is 6.20 Å². The van der Waals surface area contributed by atoms with Crippen molar-refractivity contribution < 1.29 is 5.11 Å². The molecule has 0 aromatic carbocycles. The number of aliphatic hydroxyl groups is 1. The van der Waals surface area contributed by atoms with Crippen molar-refractivity contribution in [2.24, 2.45) is 5.92 Å². The Bertz CT molecular complexity index is 496. The molecule has 0 radical (unpaired) electrons. The highest BCUT2D eigenvalue weighted by atomic mass is 16.3. The number of rotatable bonds is 5. The molecule has 0 spiro atoms. The molecule has 0 saturated carbocycles. The minimum atomic E-state index is 0.213. The highest BCUT2D eigenvalue weighted by Crippen LogP contribution is 2.13. The van der Waals surface area contributed by atoms with Crippen molar-refractivity contribution in [2.75, 3.05) is 18.5 Å². The molecule has 2 N–H and O–H groups in total. The van der Waals surface area contributed by atoms with E-state index in [0.717, 1.165) is 30.3 Å². The lowest BCUT2D eigenvalue weighted by Gasteiger charge is -2.11. The molecule has 2 heterocycles. The van der Waals surface area contributed by atoms with Gasteiger partial charge in [-0.3, -0.25) is 4.40 Å². The van der Waals surface area contributed by atoms with Crippen LogP contribution in [0, 0.1) is 12.8 Å². The molecule has 0 aliphatic heterocycles. The lowest BCUT2D eigenvalue weighted by Crippen LogP contribution is -2.14. The third-order valence-electron chi connectivity index (χ3n) is 2.74. The number of aryl methyl sites for hydroxylation is 1. The number of nitrogens with zero attached hydrogens (tertiary/aromatic N) is 4. The molecule has 2 aromatic rings. The van der Waals surface area contributed by atoms with Gasteiger partial charge in [-0.2, -0.15) is 0 Å². The van der Waals surface area contributed by atoms with Crippen LogP contribution in [0.2, 0.25) is 0 Å². The van der Waals surface area contributed by atoms with Gasteiger partial charge in [0.25, 0.3) is 0 Å². The summed E-state index contributed by atoms with van der Waals surface area (Å²) in [6.45, 7) is 4.96. The normalized spacial score (nSPS) is 12.9. The van der Waals surface area contributed by atoms with Gasteiger partial charge in [-0.15, -0.1) is 10.2 Å². The minimum absolute atomic E-state index is 0.213. The molecular formula is C11H17N5O. The van der Waals surface area contributed by atoms with Crippen LogP contribution in [0.1, 0.15) is 19.2 Å². The standard InChI is InChI=1S/C11H17N5O/c1-8(3-6-17)7-13-10-11-15-14-9(2)16(11)5-4-12-10/h4-5,8,17H,3,6-7H2,1-2H3,(H,12,13). The number of fused-ring (bicyclic) bond motifs is 1. The fourth-order valence-electron chi connectivity index (χ4n) is 1.66. The lowest BCUT2D eigenvalue weighted by molar-refractivity contribution is 0.266. The molecule has 0 amide bonds. The lowest BCUT2D eigenvalue weighted by atomic mass is 10.1. The number of aromatic nitrogens is 4. The molecule has 6 nitrogen and oxygen atoms in total. The van der Waals surface area contributed by atoms with Crippen LogP contribution in [0.4, 0.5) is 5.82 Å². The molecule has 1 atom stereocenters. The molecule has 0 saturated heterocycles. The largest absolute Gasteiger partial charge is 0.396 e. The molecule has 0 aliphatic carbocycles. The van der Waals surface area contributed by atoms with Gasteiger partial charge < -0.3 is 10.4 Å². The molecular weight excluding hydrogens is 218 g/mol. The third kappa shape index (κ3) is 2.52. The number of hydrogen-bond acceptors (Lipinski definition) is 5. The summed E-state index contributed by atoms with van der Waals surface area (Å²) >= 11 is 0. The molecule has 1 unspecified atom stereocenters. The van der Waals surface area contributed by atoms with Crippen molar-refractivity contribution in [3.05, 3.63) is 18.2 Å². The maximum Gasteiger partial charge on any atom is 0.203 e. The van der Waals surface area contributed by atoms with Gasteiger partial charge in [0.05, 0.1) is 0 Å². The van der Waals surface area contributed by atoms with Gasteiger partial charge in [-0.05, 0) is 19.3 Å². The van der Waals surface area contributed by atoms with Crippen molar-refractivity contribution in [1.82, 2.24) is 19.6 Å². The van der Waals surface area contributed by atoms with Crippen LogP contribution < -0.4 is 5.32 Å². The van der Waals surface area contributed by atoms with Crippen LogP contribution >= 0.6 is 0 Å². The Kier molecular flexibility index (Phi) is 3.53. The average molecular weight is 235 g/mol. The summed E-state index contributed by atoms with van der Waals surface area (Å²) < 4.78 is 1.89. The highest BCUT2D eigenvalue weighted by Gasteiger charge is 2.08. The van der Waals surface area contributed by atoms with E-state index < -0.39 is 0 Å². The predicted octanol–water partition coefficient (Wildman–Crippen LogP) is 0.863. The zero-order chi connectivity index (χ0) is 12.3.